The van der Waals surface area contributed by atoms with E-state index in [1.807, 2.05) is 51.1 Å². The Balaban J connectivity index is 2.05. The summed E-state index contributed by atoms with van der Waals surface area (Å²) in [5, 5.41) is 6.05. The number of nitrogens with one attached hydrogen (secondary N) is 2. The Labute approximate surface area is 137 Å². The molecule has 1 aromatic carbocycles. The van der Waals surface area contributed by atoms with Crippen LogP contribution in [0.2, 0.25) is 0 Å². The molecule has 0 radical (unpaired) electrons. The predicted molar refractivity (Wildman–Crippen MR) is 93.3 cm³/mol. The number of rotatable bonds is 7. The van der Waals surface area contributed by atoms with Crippen molar-refractivity contribution in [3.8, 4) is 5.75 Å². The number of hydrogen-bond donors (Lipinski definition) is 2. The van der Waals surface area contributed by atoms with Gasteiger partial charge in [-0.05, 0) is 44.5 Å². The van der Waals surface area contributed by atoms with E-state index in [4.69, 9.17) is 4.74 Å². The molecule has 23 heavy (non-hydrogen) atoms. The molecule has 0 saturated heterocycles. The highest BCUT2D eigenvalue weighted by atomic mass is 16.5. The SMILES string of the molecule is CCCC(=O)Nc1ccc(Nc2ccccc2OC(C)C)cn1. The molecule has 0 aliphatic rings. The maximum atomic E-state index is 11.6. The fraction of sp³-hybridized carbons (Fsp3) is 0.333. The third-order valence-corrected chi connectivity index (χ3v) is 3.04. The molecule has 0 aliphatic carbocycles. The predicted octanol–water partition coefficient (Wildman–Crippen LogP) is 4.35. The van der Waals surface area contributed by atoms with E-state index < -0.39 is 0 Å². The van der Waals surface area contributed by atoms with Gasteiger partial charge >= 0.3 is 0 Å². The van der Waals surface area contributed by atoms with Gasteiger partial charge in [0.15, 0.2) is 0 Å². The number of pyridine rings is 1. The normalized spacial score (nSPS) is 10.4. The first kappa shape index (κ1) is 16.8. The smallest absolute Gasteiger partial charge is 0.225 e. The minimum atomic E-state index is -0.0172. The number of para-hydroxylation sites is 2. The van der Waals surface area contributed by atoms with Crippen LogP contribution in [0.3, 0.4) is 0 Å². The molecule has 0 bridgehead atoms. The van der Waals surface area contributed by atoms with Crippen LogP contribution < -0.4 is 15.4 Å². The Bertz CT molecular complexity index is 639. The van der Waals surface area contributed by atoms with Gasteiger partial charge in [0.05, 0.1) is 23.7 Å². The Morgan fingerprint density at radius 1 is 1.22 bits per heavy atom. The average Bonchev–Trinajstić information content (AvgIpc) is 2.51. The van der Waals surface area contributed by atoms with E-state index >= 15 is 0 Å². The van der Waals surface area contributed by atoms with Gasteiger partial charge in [0.2, 0.25) is 5.91 Å². The minimum absolute atomic E-state index is 0.0172. The molecule has 2 rings (SSSR count). The first-order valence-electron chi connectivity index (χ1n) is 7.87. The lowest BCUT2D eigenvalue weighted by atomic mass is 10.2. The van der Waals surface area contributed by atoms with Gasteiger partial charge in [-0.3, -0.25) is 4.79 Å². The van der Waals surface area contributed by atoms with Crippen molar-refractivity contribution in [3.63, 3.8) is 0 Å². The zero-order valence-corrected chi connectivity index (χ0v) is 13.8. The summed E-state index contributed by atoms with van der Waals surface area (Å²) in [5.74, 6) is 1.33. The minimum Gasteiger partial charge on any atom is -0.489 e. The number of benzene rings is 1. The van der Waals surface area contributed by atoms with Crippen molar-refractivity contribution in [1.82, 2.24) is 4.98 Å². The van der Waals surface area contributed by atoms with E-state index in [1.54, 1.807) is 12.3 Å². The van der Waals surface area contributed by atoms with Gasteiger partial charge in [-0.15, -0.1) is 0 Å². The second kappa shape index (κ2) is 8.17. The van der Waals surface area contributed by atoms with Crippen LogP contribution in [0.15, 0.2) is 42.6 Å². The Hall–Kier alpha value is -2.56. The summed E-state index contributed by atoms with van der Waals surface area (Å²) < 4.78 is 5.78. The Kier molecular flexibility index (Phi) is 5.97. The van der Waals surface area contributed by atoms with Gasteiger partial charge in [0.1, 0.15) is 11.6 Å². The Morgan fingerprint density at radius 2 is 2.00 bits per heavy atom. The lowest BCUT2D eigenvalue weighted by molar-refractivity contribution is -0.116. The lowest BCUT2D eigenvalue weighted by Crippen LogP contribution is -2.11. The van der Waals surface area contributed by atoms with Crippen molar-refractivity contribution in [3.05, 3.63) is 42.6 Å². The van der Waals surface area contributed by atoms with Crippen LogP contribution >= 0.6 is 0 Å². The topological polar surface area (TPSA) is 63.2 Å². The second-order valence-corrected chi connectivity index (χ2v) is 5.52. The molecule has 1 aromatic heterocycles. The average molecular weight is 313 g/mol. The van der Waals surface area contributed by atoms with Crippen LogP contribution in [0.1, 0.15) is 33.6 Å². The van der Waals surface area contributed by atoms with Crippen LogP contribution in [-0.4, -0.2) is 17.0 Å². The van der Waals surface area contributed by atoms with E-state index in [0.29, 0.717) is 12.2 Å². The van der Waals surface area contributed by atoms with Crippen molar-refractivity contribution in [2.75, 3.05) is 10.6 Å². The first-order chi connectivity index (χ1) is 11.1. The highest BCUT2D eigenvalue weighted by Crippen LogP contribution is 2.28. The number of aromatic nitrogens is 1. The summed E-state index contributed by atoms with van der Waals surface area (Å²) in [6, 6.07) is 11.4. The number of hydrogen-bond acceptors (Lipinski definition) is 4. The summed E-state index contributed by atoms with van der Waals surface area (Å²) in [7, 11) is 0. The van der Waals surface area contributed by atoms with Gasteiger partial charge in [-0.25, -0.2) is 4.98 Å². The molecule has 5 nitrogen and oxygen atoms in total. The molecule has 0 saturated carbocycles. The van der Waals surface area contributed by atoms with Crippen molar-refractivity contribution < 1.29 is 9.53 Å². The molecule has 5 heteroatoms. The Morgan fingerprint density at radius 3 is 2.65 bits per heavy atom. The fourth-order valence-corrected chi connectivity index (χ4v) is 2.06. The standard InChI is InChI=1S/C18H23N3O2/c1-4-7-18(22)21-17-11-10-14(12-19-17)20-15-8-5-6-9-16(15)23-13(2)3/h5-6,8-13,20H,4,7H2,1-3H3,(H,19,21,22). The van der Waals surface area contributed by atoms with Gasteiger partial charge in [0.25, 0.3) is 0 Å². The lowest BCUT2D eigenvalue weighted by Gasteiger charge is -2.15. The summed E-state index contributed by atoms with van der Waals surface area (Å²) in [6.45, 7) is 5.95. The van der Waals surface area contributed by atoms with Crippen LogP contribution in [-0.2, 0) is 4.79 Å². The van der Waals surface area contributed by atoms with Crippen LogP contribution in [0.4, 0.5) is 17.2 Å². The van der Waals surface area contributed by atoms with Gasteiger partial charge < -0.3 is 15.4 Å². The van der Waals surface area contributed by atoms with Gasteiger partial charge in [-0.2, -0.15) is 0 Å². The zero-order chi connectivity index (χ0) is 16.7. The summed E-state index contributed by atoms with van der Waals surface area (Å²) in [4.78, 5) is 15.8. The molecule has 0 fully saturated rings. The van der Waals surface area contributed by atoms with Crippen molar-refractivity contribution in [2.45, 2.75) is 39.7 Å². The molecule has 1 amide bonds. The second-order valence-electron chi connectivity index (χ2n) is 5.52. The van der Waals surface area contributed by atoms with E-state index in [1.165, 1.54) is 0 Å². The van der Waals surface area contributed by atoms with E-state index in [-0.39, 0.29) is 12.0 Å². The third kappa shape index (κ3) is 5.29. The zero-order valence-electron chi connectivity index (χ0n) is 13.8. The third-order valence-electron chi connectivity index (χ3n) is 3.04. The molecular formula is C18H23N3O2. The summed E-state index contributed by atoms with van der Waals surface area (Å²) >= 11 is 0. The molecule has 0 atom stereocenters. The monoisotopic (exact) mass is 313 g/mol. The van der Waals surface area contributed by atoms with Gasteiger partial charge in [0, 0.05) is 6.42 Å². The van der Waals surface area contributed by atoms with Crippen molar-refractivity contribution in [2.24, 2.45) is 0 Å². The highest BCUT2D eigenvalue weighted by molar-refractivity contribution is 5.89. The van der Waals surface area contributed by atoms with Crippen molar-refractivity contribution in [1.29, 1.82) is 0 Å². The number of carbonyl (C=O) groups excluding carboxylic acids is 1. The quantitative estimate of drug-likeness (QED) is 0.797. The number of anilines is 3. The first-order valence-corrected chi connectivity index (χ1v) is 7.87. The number of amides is 1. The fourth-order valence-electron chi connectivity index (χ4n) is 2.06. The largest absolute Gasteiger partial charge is 0.489 e. The number of ether oxygens (including phenoxy) is 1. The maximum absolute atomic E-state index is 11.6. The summed E-state index contributed by atoms with van der Waals surface area (Å²) in [6.07, 6.45) is 3.11. The van der Waals surface area contributed by atoms with E-state index in [2.05, 4.69) is 15.6 Å². The van der Waals surface area contributed by atoms with Crippen LogP contribution in [0.5, 0.6) is 5.75 Å². The number of carbonyl (C=O) groups is 1. The molecule has 1 heterocycles. The molecule has 2 N–H and O–H groups in total. The maximum Gasteiger partial charge on any atom is 0.225 e. The number of nitrogens with zero attached hydrogens (tertiary/aromatic N) is 1. The molecule has 122 valence electrons. The van der Waals surface area contributed by atoms with Crippen molar-refractivity contribution >= 4 is 23.1 Å². The molecular weight excluding hydrogens is 290 g/mol. The highest BCUT2D eigenvalue weighted by Gasteiger charge is 2.06. The molecule has 0 spiro atoms. The molecule has 2 aromatic rings. The summed E-state index contributed by atoms with van der Waals surface area (Å²) in [5.41, 5.74) is 1.71. The van der Waals surface area contributed by atoms with Gasteiger partial charge in [-0.1, -0.05) is 19.1 Å². The van der Waals surface area contributed by atoms with E-state index in [0.717, 1.165) is 23.5 Å². The molecule has 0 unspecified atom stereocenters. The van der Waals surface area contributed by atoms with Crippen LogP contribution in [0, 0.1) is 0 Å². The molecule has 0 aliphatic heterocycles. The van der Waals surface area contributed by atoms with E-state index in [9.17, 15) is 4.79 Å². The van der Waals surface area contributed by atoms with Crippen LogP contribution in [0.25, 0.3) is 0 Å².